The molecule has 212 valence electrons. The summed E-state index contributed by atoms with van der Waals surface area (Å²) in [6.45, 7) is 4.08. The lowest BCUT2D eigenvalue weighted by Gasteiger charge is -2.26. The van der Waals surface area contributed by atoms with Crippen LogP contribution in [0.5, 0.6) is 11.6 Å². The molecule has 4 aromatic rings. The smallest absolute Gasteiger partial charge is 0.326 e. The molecule has 0 aliphatic rings. The number of nitrogens with one attached hydrogen (secondary N) is 1. The second-order valence-electron chi connectivity index (χ2n) is 10.7. The number of nitrogens with zero attached hydrogens (tertiary/aromatic N) is 1. The number of rotatable bonds is 13. The Morgan fingerprint density at radius 1 is 0.854 bits per heavy atom. The Bertz CT molecular complexity index is 1380. The zero-order valence-electron chi connectivity index (χ0n) is 23.4. The maximum Gasteiger partial charge on any atom is 0.326 e. The van der Waals surface area contributed by atoms with Gasteiger partial charge in [-0.3, -0.25) is 4.79 Å². The molecule has 1 aromatic heterocycles. The maximum atomic E-state index is 13.0. The van der Waals surface area contributed by atoms with Gasteiger partial charge in [-0.15, -0.1) is 0 Å². The molecule has 0 saturated carbocycles. The summed E-state index contributed by atoms with van der Waals surface area (Å²) in [5.74, 6) is -0.767. The molecule has 0 fully saturated rings. The predicted molar refractivity (Wildman–Crippen MR) is 160 cm³/mol. The van der Waals surface area contributed by atoms with Crippen molar-refractivity contribution >= 4 is 11.9 Å². The van der Waals surface area contributed by atoms with Gasteiger partial charge >= 0.3 is 5.97 Å². The highest BCUT2D eigenvalue weighted by atomic mass is 16.5. The van der Waals surface area contributed by atoms with E-state index in [9.17, 15) is 19.8 Å². The summed E-state index contributed by atoms with van der Waals surface area (Å²) < 4.78 is 6.07. The molecule has 1 heterocycles. The van der Waals surface area contributed by atoms with Crippen LogP contribution in [0.3, 0.4) is 0 Å². The van der Waals surface area contributed by atoms with Crippen molar-refractivity contribution < 1.29 is 24.5 Å². The number of amides is 1. The van der Waals surface area contributed by atoms with Gasteiger partial charge in [0.1, 0.15) is 11.8 Å². The molecule has 0 aliphatic carbocycles. The van der Waals surface area contributed by atoms with Crippen molar-refractivity contribution in [1.29, 1.82) is 0 Å². The number of carboxylic acid groups (broad SMARTS) is 1. The lowest BCUT2D eigenvalue weighted by atomic mass is 9.85. The second kappa shape index (κ2) is 13.6. The van der Waals surface area contributed by atoms with E-state index < -0.39 is 17.4 Å². The lowest BCUT2D eigenvalue weighted by molar-refractivity contribution is -0.143. The first-order valence-electron chi connectivity index (χ1n) is 13.8. The first-order valence-corrected chi connectivity index (χ1v) is 13.8. The number of aromatic hydroxyl groups is 1. The van der Waals surface area contributed by atoms with Gasteiger partial charge in [0.05, 0.1) is 12.3 Å². The first-order chi connectivity index (χ1) is 19.7. The third-order valence-electron chi connectivity index (χ3n) is 7.02. The Morgan fingerprint density at radius 2 is 1.49 bits per heavy atom. The quantitative estimate of drug-likeness (QED) is 0.163. The first kappa shape index (κ1) is 29.3. The van der Waals surface area contributed by atoms with E-state index in [1.807, 2.05) is 68.4 Å². The molecule has 7 nitrogen and oxygen atoms in total. The van der Waals surface area contributed by atoms with Gasteiger partial charge in [-0.05, 0) is 54.2 Å². The largest absolute Gasteiger partial charge is 0.508 e. The Kier molecular flexibility index (Phi) is 9.74. The van der Waals surface area contributed by atoms with Crippen molar-refractivity contribution in [2.24, 2.45) is 5.41 Å². The summed E-state index contributed by atoms with van der Waals surface area (Å²) in [5.41, 5.74) is 3.90. The highest BCUT2D eigenvalue weighted by molar-refractivity contribution is 5.87. The van der Waals surface area contributed by atoms with Crippen molar-refractivity contribution in [2.75, 3.05) is 6.61 Å². The third-order valence-corrected chi connectivity index (χ3v) is 7.02. The van der Waals surface area contributed by atoms with Crippen LogP contribution in [0.2, 0.25) is 0 Å². The molecule has 4 rings (SSSR count). The number of hydrogen-bond acceptors (Lipinski definition) is 5. The number of carbonyl (C=O) groups is 2. The van der Waals surface area contributed by atoms with Gasteiger partial charge in [-0.1, -0.05) is 86.6 Å². The van der Waals surface area contributed by atoms with Gasteiger partial charge in [-0.2, -0.15) is 0 Å². The number of carbonyl (C=O) groups excluding carboxylic acids is 1. The number of ether oxygens (including phenoxy) is 1. The van der Waals surface area contributed by atoms with E-state index in [-0.39, 0.29) is 18.1 Å². The van der Waals surface area contributed by atoms with E-state index in [1.165, 1.54) is 12.1 Å². The van der Waals surface area contributed by atoms with Crippen LogP contribution in [0, 0.1) is 5.41 Å². The summed E-state index contributed by atoms with van der Waals surface area (Å²) in [6, 6.07) is 29.3. The molecule has 0 bridgehead atoms. The van der Waals surface area contributed by atoms with Crippen LogP contribution in [0.1, 0.15) is 38.7 Å². The average Bonchev–Trinajstić information content (AvgIpc) is 2.98. The molecule has 1 amide bonds. The molecular weight excluding hydrogens is 516 g/mol. The minimum Gasteiger partial charge on any atom is -0.508 e. The van der Waals surface area contributed by atoms with Gasteiger partial charge < -0.3 is 20.3 Å². The standard InChI is InChI=1S/C34H36N2O5/c1-34(2,33(40)36-30(32(38)39)21-24-15-17-28(37)18-16-24)19-9-10-20-41-31-23-27(25-11-5-3-6-12-25)22-29(35-31)26-13-7-4-8-14-26/h3-8,11-18,22-23,30,37H,9-10,19-21H2,1-2H3,(H,36,40)(H,38,39). The van der Waals surface area contributed by atoms with Crippen LogP contribution >= 0.6 is 0 Å². The highest BCUT2D eigenvalue weighted by Gasteiger charge is 2.31. The molecule has 41 heavy (non-hydrogen) atoms. The molecule has 3 aromatic carbocycles. The fourth-order valence-electron chi connectivity index (χ4n) is 4.51. The summed E-state index contributed by atoms with van der Waals surface area (Å²) >= 11 is 0. The van der Waals surface area contributed by atoms with Crippen LogP contribution in [-0.2, 0) is 16.0 Å². The van der Waals surface area contributed by atoms with Gasteiger partial charge in [0.25, 0.3) is 0 Å². The summed E-state index contributed by atoms with van der Waals surface area (Å²) in [4.78, 5) is 29.5. The maximum absolute atomic E-state index is 13.0. The molecule has 3 N–H and O–H groups in total. The van der Waals surface area contributed by atoms with Gasteiger partial charge in [-0.25, -0.2) is 9.78 Å². The van der Waals surface area contributed by atoms with Crippen molar-refractivity contribution in [2.45, 2.75) is 45.6 Å². The summed E-state index contributed by atoms with van der Waals surface area (Å²) in [6.07, 6.45) is 2.14. The van der Waals surface area contributed by atoms with E-state index in [4.69, 9.17) is 9.72 Å². The van der Waals surface area contributed by atoms with Gasteiger partial charge in [0, 0.05) is 23.5 Å². The van der Waals surface area contributed by atoms with Gasteiger partial charge in [0.15, 0.2) is 0 Å². The topological polar surface area (TPSA) is 109 Å². The van der Waals surface area contributed by atoms with E-state index >= 15 is 0 Å². The average molecular weight is 553 g/mol. The number of phenolic OH excluding ortho intramolecular Hbond substituents is 1. The molecule has 0 radical (unpaired) electrons. The van der Waals surface area contributed by atoms with Crippen molar-refractivity contribution in [3.05, 3.63) is 103 Å². The third kappa shape index (κ3) is 8.42. The molecule has 0 aliphatic heterocycles. The van der Waals surface area contributed by atoms with E-state index in [0.717, 1.165) is 28.8 Å². The Labute approximate surface area is 240 Å². The van der Waals surface area contributed by atoms with Crippen LogP contribution in [0.4, 0.5) is 0 Å². The van der Waals surface area contributed by atoms with Crippen LogP contribution in [0.25, 0.3) is 22.4 Å². The number of phenols is 1. The summed E-state index contributed by atoms with van der Waals surface area (Å²) in [7, 11) is 0. The molecule has 0 saturated heterocycles. The number of unbranched alkanes of at least 4 members (excludes halogenated alkanes) is 1. The van der Waals surface area contributed by atoms with Crippen LogP contribution in [0.15, 0.2) is 97.1 Å². The fraction of sp³-hybridized carbons (Fsp3) is 0.265. The number of aliphatic carboxylic acids is 1. The Hall–Kier alpha value is -4.65. The normalized spacial score (nSPS) is 12.0. The highest BCUT2D eigenvalue weighted by Crippen LogP contribution is 2.29. The molecule has 7 heteroatoms. The monoisotopic (exact) mass is 552 g/mol. The van der Waals surface area contributed by atoms with Crippen LogP contribution in [-0.4, -0.2) is 39.7 Å². The van der Waals surface area contributed by atoms with E-state index in [2.05, 4.69) is 23.5 Å². The number of benzene rings is 3. The number of aromatic nitrogens is 1. The molecular formula is C34H36N2O5. The minimum absolute atomic E-state index is 0.103. The number of hydrogen-bond donors (Lipinski definition) is 3. The zero-order valence-corrected chi connectivity index (χ0v) is 23.4. The zero-order chi connectivity index (χ0) is 29.2. The number of pyridine rings is 1. The predicted octanol–water partition coefficient (Wildman–Crippen LogP) is 6.51. The molecule has 1 atom stereocenters. The Morgan fingerprint density at radius 3 is 2.12 bits per heavy atom. The fourth-order valence-corrected chi connectivity index (χ4v) is 4.51. The summed E-state index contributed by atoms with van der Waals surface area (Å²) in [5, 5.41) is 21.8. The Balaban J connectivity index is 1.33. The van der Waals surface area contributed by atoms with Crippen molar-refractivity contribution in [3.8, 4) is 34.0 Å². The van der Waals surface area contributed by atoms with Crippen molar-refractivity contribution in [3.63, 3.8) is 0 Å². The van der Waals surface area contributed by atoms with E-state index in [1.54, 1.807) is 12.1 Å². The molecule has 1 unspecified atom stereocenters. The molecule has 0 spiro atoms. The minimum atomic E-state index is -1.10. The lowest BCUT2D eigenvalue weighted by Crippen LogP contribution is -2.47. The van der Waals surface area contributed by atoms with Gasteiger partial charge in [0.2, 0.25) is 11.8 Å². The van der Waals surface area contributed by atoms with Crippen LogP contribution < -0.4 is 10.1 Å². The second-order valence-corrected chi connectivity index (χ2v) is 10.7. The van der Waals surface area contributed by atoms with E-state index in [0.29, 0.717) is 30.9 Å². The SMILES string of the molecule is CC(C)(CCCCOc1cc(-c2ccccc2)cc(-c2ccccc2)n1)C(=O)NC(Cc1ccc(O)cc1)C(=O)O. The number of carboxylic acids is 1. The van der Waals surface area contributed by atoms with Crippen molar-refractivity contribution in [1.82, 2.24) is 10.3 Å².